The second kappa shape index (κ2) is 13.5. The van der Waals surface area contributed by atoms with Crippen LogP contribution in [-0.2, 0) is 23.2 Å². The summed E-state index contributed by atoms with van der Waals surface area (Å²) in [4.78, 5) is 0. The van der Waals surface area contributed by atoms with Crippen molar-refractivity contribution in [1.82, 2.24) is 0 Å². The standard InChI is InChI=1S/C32H62O5SSi2/c1-15-16-17-22(2)18-24(30(4,5)6)20-27(36-39(11)12)28-25-19-23(3)29(35-38(10,33)34)32(25,37-40(13)14)21-26(28)31(7,8)9/h20,22,24-26,28-29,39-40H,3,15-19,21H2,1-2,4-14H3/t22-,24-,25-,26+,28+,29?,32-/m0/s1. The van der Waals surface area contributed by atoms with Gasteiger partial charge in [0.25, 0.3) is 10.1 Å². The summed E-state index contributed by atoms with van der Waals surface area (Å²) in [5.74, 6) is 2.62. The number of hydrogen-bond donors (Lipinski definition) is 0. The van der Waals surface area contributed by atoms with E-state index in [1.807, 2.05) is 0 Å². The zero-order chi connectivity index (χ0) is 30.8. The fourth-order valence-corrected chi connectivity index (χ4v) is 9.92. The molecule has 8 heteroatoms. The normalized spacial score (nSPS) is 29.8. The van der Waals surface area contributed by atoms with Crippen LogP contribution in [0.4, 0.5) is 0 Å². The van der Waals surface area contributed by atoms with Gasteiger partial charge in [0.05, 0.1) is 17.6 Å². The van der Waals surface area contributed by atoms with E-state index in [0.717, 1.165) is 30.4 Å². The summed E-state index contributed by atoms with van der Waals surface area (Å²) in [6.07, 6.45) is 9.33. The summed E-state index contributed by atoms with van der Waals surface area (Å²) in [6, 6.07) is 0. The first-order valence-electron chi connectivity index (χ1n) is 15.7. The molecular weight excluding hydrogens is 553 g/mol. The number of allylic oxidation sites excluding steroid dienone is 2. The Morgan fingerprint density at radius 1 is 1.12 bits per heavy atom. The average molecular weight is 615 g/mol. The van der Waals surface area contributed by atoms with Crippen LogP contribution >= 0.6 is 0 Å². The molecule has 0 spiro atoms. The molecule has 0 aromatic carbocycles. The van der Waals surface area contributed by atoms with Crippen LogP contribution in [-0.4, -0.2) is 44.5 Å². The molecule has 5 nitrogen and oxygen atoms in total. The molecule has 0 aliphatic heterocycles. The molecule has 0 aromatic rings. The molecule has 2 rings (SSSR count). The smallest absolute Gasteiger partial charge is 0.265 e. The van der Waals surface area contributed by atoms with Crippen LogP contribution in [0.15, 0.2) is 24.0 Å². The first-order chi connectivity index (χ1) is 18.1. The minimum Gasteiger partial charge on any atom is -0.550 e. The number of unbranched alkanes of at least 4 members (excludes halogenated alkanes) is 1. The van der Waals surface area contributed by atoms with Crippen molar-refractivity contribution in [3.63, 3.8) is 0 Å². The fourth-order valence-electron chi connectivity index (χ4n) is 7.22. The van der Waals surface area contributed by atoms with E-state index < -0.39 is 39.9 Å². The Bertz CT molecular complexity index is 992. The molecule has 1 unspecified atom stereocenters. The zero-order valence-corrected chi connectivity index (χ0v) is 31.2. The van der Waals surface area contributed by atoms with E-state index in [1.54, 1.807) is 0 Å². The highest BCUT2D eigenvalue weighted by atomic mass is 32.2. The summed E-state index contributed by atoms with van der Waals surface area (Å²) < 4.78 is 44.7. The summed E-state index contributed by atoms with van der Waals surface area (Å²) in [5, 5.41) is 0. The van der Waals surface area contributed by atoms with Gasteiger partial charge in [0.2, 0.25) is 9.04 Å². The van der Waals surface area contributed by atoms with Crippen LogP contribution in [0.1, 0.15) is 93.9 Å². The second-order valence-corrected chi connectivity index (χ2v) is 21.9. The lowest BCUT2D eigenvalue weighted by molar-refractivity contribution is -0.0321. The topological polar surface area (TPSA) is 61.8 Å². The molecule has 2 saturated carbocycles. The van der Waals surface area contributed by atoms with Gasteiger partial charge in [0, 0.05) is 11.8 Å². The fraction of sp³-hybridized carbons (Fsp3) is 0.875. The highest BCUT2D eigenvalue weighted by Crippen LogP contribution is 2.63. The Kier molecular flexibility index (Phi) is 12.1. The summed E-state index contributed by atoms with van der Waals surface area (Å²) in [5.41, 5.74) is 0.219. The van der Waals surface area contributed by atoms with Crippen LogP contribution < -0.4 is 0 Å². The Morgan fingerprint density at radius 2 is 1.73 bits per heavy atom. The van der Waals surface area contributed by atoms with E-state index in [9.17, 15) is 8.42 Å². The molecule has 0 amide bonds. The van der Waals surface area contributed by atoms with Crippen molar-refractivity contribution < 1.29 is 21.5 Å². The highest BCUT2D eigenvalue weighted by molar-refractivity contribution is 7.86. The summed E-state index contributed by atoms with van der Waals surface area (Å²) in [6.45, 7) is 31.9. The molecule has 0 saturated heterocycles. The van der Waals surface area contributed by atoms with Gasteiger partial charge >= 0.3 is 0 Å². The molecule has 40 heavy (non-hydrogen) atoms. The first kappa shape index (κ1) is 35.8. The van der Waals surface area contributed by atoms with Crippen molar-refractivity contribution in [3.8, 4) is 0 Å². The van der Waals surface area contributed by atoms with Crippen LogP contribution in [0.25, 0.3) is 0 Å². The number of hydrogen-bond acceptors (Lipinski definition) is 5. The molecule has 0 radical (unpaired) electrons. The molecule has 0 heterocycles. The van der Waals surface area contributed by atoms with Crippen LogP contribution in [0.2, 0.25) is 26.2 Å². The van der Waals surface area contributed by atoms with E-state index in [-0.39, 0.29) is 28.6 Å². The van der Waals surface area contributed by atoms with Gasteiger partial charge in [-0.1, -0.05) is 81.2 Å². The predicted octanol–water partition coefficient (Wildman–Crippen LogP) is 8.09. The lowest BCUT2D eigenvalue weighted by Gasteiger charge is -2.38. The van der Waals surface area contributed by atoms with Gasteiger partial charge in [-0.3, -0.25) is 4.18 Å². The number of fused-ring (bicyclic) bond motifs is 1. The van der Waals surface area contributed by atoms with Gasteiger partial charge < -0.3 is 8.85 Å². The lowest BCUT2D eigenvalue weighted by atomic mass is 9.70. The Hall–Kier alpha value is -0.416. The molecule has 234 valence electrons. The van der Waals surface area contributed by atoms with Gasteiger partial charge in [-0.25, -0.2) is 0 Å². The summed E-state index contributed by atoms with van der Waals surface area (Å²) >= 11 is 0. The Labute approximate surface area is 251 Å². The molecule has 0 aromatic heterocycles. The maximum absolute atomic E-state index is 12.5. The largest absolute Gasteiger partial charge is 0.550 e. The van der Waals surface area contributed by atoms with Crippen molar-refractivity contribution >= 4 is 28.2 Å². The predicted molar refractivity (Wildman–Crippen MR) is 175 cm³/mol. The van der Waals surface area contributed by atoms with E-state index in [4.69, 9.17) is 13.0 Å². The molecular formula is C32H62O5SSi2. The van der Waals surface area contributed by atoms with Crippen molar-refractivity contribution in [2.45, 2.75) is 132 Å². The molecule has 0 N–H and O–H groups in total. The minimum absolute atomic E-state index is 0.0203. The van der Waals surface area contributed by atoms with Gasteiger partial charge in [-0.15, -0.1) is 0 Å². The van der Waals surface area contributed by atoms with Crippen LogP contribution in [0.3, 0.4) is 0 Å². The van der Waals surface area contributed by atoms with E-state index in [0.29, 0.717) is 18.3 Å². The SMILES string of the molecule is C=C1C[C@H]2[C@@H](C(=C[C@H](C[C@@H](C)CCCC)C(C)(C)C)O[SiH](C)C)[C@H](C(C)(C)C)C[C@@]2(O[SiH](C)C)C1OS(C)(=O)=O. The lowest BCUT2D eigenvalue weighted by Crippen LogP contribution is -2.48. The maximum Gasteiger partial charge on any atom is 0.265 e. The molecule has 0 bridgehead atoms. The highest BCUT2D eigenvalue weighted by Gasteiger charge is 2.66. The second-order valence-electron chi connectivity index (χ2n) is 15.7. The van der Waals surface area contributed by atoms with Gasteiger partial charge in [0.15, 0.2) is 9.04 Å². The number of rotatable bonds is 13. The molecule has 2 fully saturated rings. The van der Waals surface area contributed by atoms with Crippen molar-refractivity contribution in [1.29, 1.82) is 0 Å². The van der Waals surface area contributed by atoms with Gasteiger partial charge in [-0.05, 0) is 85.7 Å². The van der Waals surface area contributed by atoms with Gasteiger partial charge in [0.1, 0.15) is 6.10 Å². The van der Waals surface area contributed by atoms with Crippen molar-refractivity contribution in [3.05, 3.63) is 24.0 Å². The minimum atomic E-state index is -3.69. The average Bonchev–Trinajstić information content (AvgIpc) is 3.19. The van der Waals surface area contributed by atoms with Crippen molar-refractivity contribution in [2.24, 2.45) is 40.4 Å². The van der Waals surface area contributed by atoms with Gasteiger partial charge in [-0.2, -0.15) is 8.42 Å². The van der Waals surface area contributed by atoms with Crippen LogP contribution in [0.5, 0.6) is 0 Å². The van der Waals surface area contributed by atoms with Crippen molar-refractivity contribution in [2.75, 3.05) is 6.26 Å². The van der Waals surface area contributed by atoms with E-state index in [1.165, 1.54) is 19.3 Å². The monoisotopic (exact) mass is 614 g/mol. The van der Waals surface area contributed by atoms with Crippen LogP contribution in [0, 0.1) is 40.4 Å². The zero-order valence-electron chi connectivity index (χ0n) is 28.1. The quantitative estimate of drug-likeness (QED) is 0.0908. The Balaban J connectivity index is 2.74. The van der Waals surface area contributed by atoms with E-state index in [2.05, 4.69) is 94.2 Å². The third-order valence-corrected chi connectivity index (χ3v) is 11.2. The molecule has 2 aliphatic rings. The Morgan fingerprint density at radius 3 is 2.17 bits per heavy atom. The maximum atomic E-state index is 12.5. The van der Waals surface area contributed by atoms with E-state index >= 15 is 0 Å². The molecule has 7 atom stereocenters. The summed E-state index contributed by atoms with van der Waals surface area (Å²) in [7, 11) is -6.69. The molecule has 2 aliphatic carbocycles. The third kappa shape index (κ3) is 9.04. The first-order valence-corrected chi connectivity index (χ1v) is 23.1. The third-order valence-electron chi connectivity index (χ3n) is 9.05.